The van der Waals surface area contributed by atoms with Crippen LogP contribution in [0.2, 0.25) is 0 Å². The van der Waals surface area contributed by atoms with Gasteiger partial charge >= 0.3 is 0 Å². The summed E-state index contributed by atoms with van der Waals surface area (Å²) in [5, 5.41) is 11.7. The van der Waals surface area contributed by atoms with Gasteiger partial charge in [0.2, 0.25) is 0 Å². The molecule has 0 atom stereocenters. The molecule has 0 spiro atoms. The molecule has 2 aromatic carbocycles. The first kappa shape index (κ1) is 14.8. The lowest BCUT2D eigenvalue weighted by atomic mass is 9.95. The molecular weight excluding hydrogens is 268 g/mol. The van der Waals surface area contributed by atoms with Gasteiger partial charge in [0.1, 0.15) is 11.5 Å². The predicted octanol–water partition coefficient (Wildman–Crippen LogP) is 3.54. The van der Waals surface area contributed by atoms with Crippen molar-refractivity contribution >= 4 is 28.1 Å². The maximum Gasteiger partial charge on any atom is 0.160 e. The third-order valence-electron chi connectivity index (χ3n) is 3.20. The van der Waals surface area contributed by atoms with Gasteiger partial charge < -0.3 is 9.84 Å². The maximum absolute atomic E-state index is 11.8. The number of allylic oxidation sites excluding steroid dienone is 1. The van der Waals surface area contributed by atoms with Crippen molar-refractivity contribution in [3.8, 4) is 5.75 Å². The summed E-state index contributed by atoms with van der Waals surface area (Å²) in [6.07, 6.45) is 1.12. The Balaban J connectivity index is 2.82. The first-order chi connectivity index (χ1) is 9.93. The van der Waals surface area contributed by atoms with E-state index in [9.17, 15) is 14.7 Å². The number of benzene rings is 2. The molecular formula is C17H16O4. The average molecular weight is 284 g/mol. The van der Waals surface area contributed by atoms with Crippen molar-refractivity contribution in [3.63, 3.8) is 0 Å². The first-order valence-corrected chi connectivity index (χ1v) is 6.47. The lowest BCUT2D eigenvalue weighted by Gasteiger charge is -2.11. The second-order valence-corrected chi connectivity index (χ2v) is 4.77. The molecule has 0 saturated carbocycles. The van der Waals surface area contributed by atoms with E-state index in [2.05, 4.69) is 0 Å². The fourth-order valence-corrected chi connectivity index (χ4v) is 2.27. The van der Waals surface area contributed by atoms with E-state index < -0.39 is 0 Å². The van der Waals surface area contributed by atoms with Crippen LogP contribution in [0.25, 0.3) is 16.5 Å². The van der Waals surface area contributed by atoms with E-state index in [1.807, 2.05) is 6.07 Å². The van der Waals surface area contributed by atoms with Crippen LogP contribution in [-0.2, 0) is 4.79 Å². The SMILES string of the molecule is COc1ccc2c(/C(O)=C/C(C)=O)c(C(C)=O)ccc2c1. The van der Waals surface area contributed by atoms with Crippen LogP contribution in [0.4, 0.5) is 0 Å². The van der Waals surface area contributed by atoms with Gasteiger partial charge in [-0.3, -0.25) is 9.59 Å². The Morgan fingerprint density at radius 2 is 1.86 bits per heavy atom. The molecule has 2 rings (SSSR count). The summed E-state index contributed by atoms with van der Waals surface area (Å²) in [6.45, 7) is 2.77. The van der Waals surface area contributed by atoms with Crippen LogP contribution >= 0.6 is 0 Å². The molecule has 0 unspecified atom stereocenters. The summed E-state index contributed by atoms with van der Waals surface area (Å²) >= 11 is 0. The summed E-state index contributed by atoms with van der Waals surface area (Å²) in [5.74, 6) is 0.0151. The number of Topliss-reactive ketones (excluding diaryl/α,β-unsaturated/α-hetero) is 1. The predicted molar refractivity (Wildman–Crippen MR) is 81.8 cm³/mol. The van der Waals surface area contributed by atoms with Crippen LogP contribution in [0.15, 0.2) is 36.4 Å². The highest BCUT2D eigenvalue weighted by molar-refractivity contribution is 6.08. The summed E-state index contributed by atoms with van der Waals surface area (Å²) < 4.78 is 5.17. The minimum Gasteiger partial charge on any atom is -0.507 e. The molecule has 0 aliphatic rings. The van der Waals surface area contributed by atoms with Crippen LogP contribution < -0.4 is 4.74 Å². The van der Waals surface area contributed by atoms with Gasteiger partial charge in [-0.15, -0.1) is 0 Å². The average Bonchev–Trinajstić information content (AvgIpc) is 2.44. The van der Waals surface area contributed by atoms with Gasteiger partial charge in [0, 0.05) is 17.2 Å². The highest BCUT2D eigenvalue weighted by Crippen LogP contribution is 2.30. The minimum absolute atomic E-state index is 0.175. The summed E-state index contributed by atoms with van der Waals surface area (Å²) in [4.78, 5) is 23.0. The zero-order valence-electron chi connectivity index (χ0n) is 12.1. The number of carbonyl (C=O) groups is 2. The molecule has 0 saturated heterocycles. The third-order valence-corrected chi connectivity index (χ3v) is 3.20. The molecule has 0 fully saturated rings. The number of carbonyl (C=O) groups excluding carboxylic acids is 2. The molecule has 0 aliphatic heterocycles. The standard InChI is InChI=1S/C17H16O4/c1-10(18)8-16(20)17-14(11(2)19)6-4-12-9-13(21-3)5-7-15(12)17/h4-9,20H,1-3H3/b16-8-. The molecule has 2 aromatic rings. The molecule has 4 nitrogen and oxygen atoms in total. The molecule has 4 heteroatoms. The van der Waals surface area contributed by atoms with Gasteiger partial charge in [-0.2, -0.15) is 0 Å². The number of methoxy groups -OCH3 is 1. The third kappa shape index (κ3) is 2.94. The number of hydrogen-bond acceptors (Lipinski definition) is 4. The molecule has 108 valence electrons. The van der Waals surface area contributed by atoms with Crippen LogP contribution in [0.5, 0.6) is 5.75 Å². The van der Waals surface area contributed by atoms with E-state index in [0.29, 0.717) is 22.3 Å². The molecule has 0 bridgehead atoms. The Morgan fingerprint density at radius 3 is 2.43 bits per heavy atom. The van der Waals surface area contributed by atoms with E-state index in [1.54, 1.807) is 31.4 Å². The zero-order chi connectivity index (χ0) is 15.6. The lowest BCUT2D eigenvalue weighted by Crippen LogP contribution is -2.01. The lowest BCUT2D eigenvalue weighted by molar-refractivity contribution is -0.112. The maximum atomic E-state index is 11.8. The molecule has 0 heterocycles. The van der Waals surface area contributed by atoms with Gasteiger partial charge in [0.25, 0.3) is 0 Å². The van der Waals surface area contributed by atoms with E-state index in [4.69, 9.17) is 4.74 Å². The van der Waals surface area contributed by atoms with Gasteiger partial charge in [0.15, 0.2) is 11.6 Å². The van der Waals surface area contributed by atoms with Crippen molar-refractivity contribution in [1.29, 1.82) is 0 Å². The summed E-state index contributed by atoms with van der Waals surface area (Å²) in [7, 11) is 1.57. The van der Waals surface area contributed by atoms with Crippen molar-refractivity contribution in [3.05, 3.63) is 47.5 Å². The number of ether oxygens (including phenoxy) is 1. The fourth-order valence-electron chi connectivity index (χ4n) is 2.27. The second kappa shape index (κ2) is 5.79. The van der Waals surface area contributed by atoms with Crippen LogP contribution in [0.3, 0.4) is 0 Å². The summed E-state index contributed by atoms with van der Waals surface area (Å²) in [6, 6.07) is 8.75. The van der Waals surface area contributed by atoms with Crippen molar-refractivity contribution in [2.75, 3.05) is 7.11 Å². The van der Waals surface area contributed by atoms with Crippen LogP contribution in [-0.4, -0.2) is 23.8 Å². The smallest absolute Gasteiger partial charge is 0.160 e. The minimum atomic E-state index is -0.285. The zero-order valence-corrected chi connectivity index (χ0v) is 12.1. The highest BCUT2D eigenvalue weighted by Gasteiger charge is 2.15. The number of ketones is 2. The van der Waals surface area contributed by atoms with Crippen molar-refractivity contribution in [2.24, 2.45) is 0 Å². The Morgan fingerprint density at radius 1 is 1.14 bits per heavy atom. The van der Waals surface area contributed by atoms with E-state index >= 15 is 0 Å². The number of hydrogen-bond donors (Lipinski definition) is 1. The van der Waals surface area contributed by atoms with Crippen molar-refractivity contribution in [2.45, 2.75) is 13.8 Å². The molecule has 1 N–H and O–H groups in total. The number of aliphatic hydroxyl groups is 1. The molecule has 21 heavy (non-hydrogen) atoms. The molecule has 0 radical (unpaired) electrons. The van der Waals surface area contributed by atoms with Crippen molar-refractivity contribution in [1.82, 2.24) is 0 Å². The Hall–Kier alpha value is -2.62. The monoisotopic (exact) mass is 284 g/mol. The number of fused-ring (bicyclic) bond motifs is 1. The summed E-state index contributed by atoms with van der Waals surface area (Å²) in [5.41, 5.74) is 0.750. The van der Waals surface area contributed by atoms with Gasteiger partial charge in [-0.1, -0.05) is 12.1 Å². The Labute approximate surface area is 122 Å². The number of rotatable bonds is 4. The van der Waals surface area contributed by atoms with Crippen molar-refractivity contribution < 1.29 is 19.4 Å². The largest absolute Gasteiger partial charge is 0.507 e. The molecule has 0 aromatic heterocycles. The van der Waals surface area contributed by atoms with E-state index in [-0.39, 0.29) is 17.3 Å². The van der Waals surface area contributed by atoms with Gasteiger partial charge in [0.05, 0.1) is 7.11 Å². The quantitative estimate of drug-likeness (QED) is 0.530. The van der Waals surface area contributed by atoms with Crippen LogP contribution in [0.1, 0.15) is 29.8 Å². The topological polar surface area (TPSA) is 63.6 Å². The fraction of sp³-hybridized carbons (Fsp3) is 0.176. The van der Waals surface area contributed by atoms with Gasteiger partial charge in [-0.25, -0.2) is 0 Å². The van der Waals surface area contributed by atoms with Crippen LogP contribution in [0, 0.1) is 0 Å². The normalized spacial score (nSPS) is 11.5. The molecule has 0 aliphatic carbocycles. The molecule has 0 amide bonds. The Bertz CT molecular complexity index is 757. The van der Waals surface area contributed by atoms with Gasteiger partial charge in [-0.05, 0) is 42.8 Å². The second-order valence-electron chi connectivity index (χ2n) is 4.77. The first-order valence-electron chi connectivity index (χ1n) is 6.47. The Kier molecular flexibility index (Phi) is 4.08. The highest BCUT2D eigenvalue weighted by atomic mass is 16.5. The van der Waals surface area contributed by atoms with E-state index in [1.165, 1.54) is 13.8 Å². The number of aliphatic hydroxyl groups excluding tert-OH is 1. The van der Waals surface area contributed by atoms with E-state index in [0.717, 1.165) is 11.5 Å².